The largest absolute Gasteiger partial charge is 0.336 e. The van der Waals surface area contributed by atoms with Crippen LogP contribution in [0.1, 0.15) is 17.4 Å². The van der Waals surface area contributed by atoms with Gasteiger partial charge in [-0.25, -0.2) is 17.8 Å². The third kappa shape index (κ3) is 3.22. The minimum absolute atomic E-state index is 0.112. The summed E-state index contributed by atoms with van der Waals surface area (Å²) in [7, 11) is -2.11. The van der Waals surface area contributed by atoms with Crippen molar-refractivity contribution < 1.29 is 12.8 Å². The Hall–Kier alpha value is -2.51. The predicted octanol–water partition coefficient (Wildman–Crippen LogP) is 2.63. The van der Waals surface area contributed by atoms with Gasteiger partial charge in [-0.15, -0.1) is 0 Å². The van der Waals surface area contributed by atoms with Crippen LogP contribution in [0.25, 0.3) is 0 Å². The van der Waals surface area contributed by atoms with Gasteiger partial charge >= 0.3 is 0 Å². The number of aryl methyl sites for hydroxylation is 1. The van der Waals surface area contributed by atoms with E-state index in [1.165, 1.54) is 18.2 Å². The molecule has 0 unspecified atom stereocenters. The molecule has 0 radical (unpaired) electrons. The smallest absolute Gasteiger partial charge is 0.241 e. The van der Waals surface area contributed by atoms with E-state index in [4.69, 9.17) is 0 Å². The molecule has 3 aromatic rings. The minimum atomic E-state index is -3.84. The molecule has 5 nitrogen and oxygen atoms in total. The van der Waals surface area contributed by atoms with Crippen molar-refractivity contribution >= 4 is 10.0 Å². The molecule has 0 spiro atoms. The average Bonchev–Trinajstić information content (AvgIpc) is 3.00. The molecule has 124 valence electrons. The Labute approximate surface area is 139 Å². The Morgan fingerprint density at radius 3 is 2.38 bits per heavy atom. The molecule has 7 heteroatoms. The van der Waals surface area contributed by atoms with Gasteiger partial charge in [-0.2, -0.15) is 4.72 Å². The lowest BCUT2D eigenvalue weighted by molar-refractivity contribution is 0.545. The van der Waals surface area contributed by atoms with Crippen molar-refractivity contribution in [3.63, 3.8) is 0 Å². The van der Waals surface area contributed by atoms with Gasteiger partial charge in [-0.05, 0) is 18.2 Å². The lowest BCUT2D eigenvalue weighted by atomic mass is 10.1. The summed E-state index contributed by atoms with van der Waals surface area (Å²) in [5.74, 6) is -0.0964. The van der Waals surface area contributed by atoms with Gasteiger partial charge in [-0.3, -0.25) is 0 Å². The Bertz CT molecular complexity index is 939. The number of benzene rings is 2. The molecular weight excluding hydrogens is 329 g/mol. The van der Waals surface area contributed by atoms with Crippen LogP contribution in [-0.4, -0.2) is 18.0 Å². The van der Waals surface area contributed by atoms with E-state index in [0.717, 1.165) is 0 Å². The van der Waals surface area contributed by atoms with Gasteiger partial charge < -0.3 is 4.57 Å². The molecule has 3 rings (SSSR count). The zero-order valence-corrected chi connectivity index (χ0v) is 13.7. The quantitative estimate of drug-likeness (QED) is 0.773. The topological polar surface area (TPSA) is 64.0 Å². The molecular formula is C17H16FN3O2S. The van der Waals surface area contributed by atoms with Crippen molar-refractivity contribution in [3.8, 4) is 0 Å². The van der Waals surface area contributed by atoms with Crippen molar-refractivity contribution in [3.05, 3.63) is 84.2 Å². The Morgan fingerprint density at radius 1 is 1.08 bits per heavy atom. The van der Waals surface area contributed by atoms with Crippen molar-refractivity contribution in [1.29, 1.82) is 0 Å². The van der Waals surface area contributed by atoms with E-state index < -0.39 is 21.9 Å². The molecule has 0 fully saturated rings. The van der Waals surface area contributed by atoms with Crippen molar-refractivity contribution in [1.82, 2.24) is 14.3 Å². The Morgan fingerprint density at radius 2 is 1.75 bits per heavy atom. The van der Waals surface area contributed by atoms with E-state index in [2.05, 4.69) is 9.71 Å². The van der Waals surface area contributed by atoms with E-state index in [1.54, 1.807) is 60.4 Å². The van der Waals surface area contributed by atoms with E-state index in [9.17, 15) is 12.8 Å². The number of rotatable bonds is 5. The van der Waals surface area contributed by atoms with Crippen LogP contribution in [0.2, 0.25) is 0 Å². The summed E-state index contributed by atoms with van der Waals surface area (Å²) in [4.78, 5) is 4.29. The van der Waals surface area contributed by atoms with Gasteiger partial charge in [0.25, 0.3) is 0 Å². The first-order valence-electron chi connectivity index (χ1n) is 7.28. The third-order valence-corrected chi connectivity index (χ3v) is 5.10. The van der Waals surface area contributed by atoms with Crippen LogP contribution in [0.5, 0.6) is 0 Å². The van der Waals surface area contributed by atoms with Crippen molar-refractivity contribution in [2.45, 2.75) is 10.9 Å². The van der Waals surface area contributed by atoms with Crippen LogP contribution >= 0.6 is 0 Å². The Balaban J connectivity index is 2.07. The van der Waals surface area contributed by atoms with Crippen LogP contribution in [-0.2, 0) is 17.1 Å². The van der Waals surface area contributed by atoms with Crippen molar-refractivity contribution in [2.75, 3.05) is 0 Å². The number of halogens is 1. The molecule has 0 amide bonds. The highest BCUT2D eigenvalue weighted by atomic mass is 32.2. The summed E-state index contributed by atoms with van der Waals surface area (Å²) in [5, 5.41) is 0. The fourth-order valence-corrected chi connectivity index (χ4v) is 3.64. The molecule has 1 heterocycles. The van der Waals surface area contributed by atoms with Crippen molar-refractivity contribution in [2.24, 2.45) is 7.05 Å². The summed E-state index contributed by atoms with van der Waals surface area (Å²) in [5.41, 5.74) is 0.214. The highest BCUT2D eigenvalue weighted by molar-refractivity contribution is 7.89. The molecule has 0 saturated carbocycles. The average molecular weight is 345 g/mol. The molecule has 1 aromatic heterocycles. The maximum Gasteiger partial charge on any atom is 0.241 e. The van der Waals surface area contributed by atoms with Crippen LogP contribution in [0, 0.1) is 5.82 Å². The number of nitrogens with one attached hydrogen (secondary N) is 1. The van der Waals surface area contributed by atoms with Crippen LogP contribution < -0.4 is 4.72 Å². The maximum atomic E-state index is 14.3. The summed E-state index contributed by atoms with van der Waals surface area (Å²) in [6.45, 7) is 0. The second-order valence-electron chi connectivity index (χ2n) is 5.29. The first-order chi connectivity index (χ1) is 11.5. The number of sulfonamides is 1. The Kier molecular flexibility index (Phi) is 4.46. The highest BCUT2D eigenvalue weighted by Crippen LogP contribution is 2.25. The monoisotopic (exact) mass is 345 g/mol. The van der Waals surface area contributed by atoms with E-state index in [-0.39, 0.29) is 10.5 Å². The molecule has 0 aliphatic heterocycles. The first kappa shape index (κ1) is 16.4. The number of nitrogens with zero attached hydrogens (tertiary/aromatic N) is 2. The maximum absolute atomic E-state index is 14.3. The molecule has 0 aliphatic rings. The summed E-state index contributed by atoms with van der Waals surface area (Å²) >= 11 is 0. The standard InChI is InChI=1S/C17H16FN3O2S/c1-21-12-11-19-17(21)16(14-9-5-6-10-15(14)18)20-24(22,23)13-7-3-2-4-8-13/h2-12,16,20H,1H3/t16-/m1/s1. The number of hydrogen-bond acceptors (Lipinski definition) is 3. The lowest BCUT2D eigenvalue weighted by Crippen LogP contribution is -2.31. The van der Waals surface area contributed by atoms with E-state index in [1.807, 2.05) is 0 Å². The van der Waals surface area contributed by atoms with E-state index >= 15 is 0 Å². The fourth-order valence-electron chi connectivity index (χ4n) is 2.44. The lowest BCUT2D eigenvalue weighted by Gasteiger charge is -2.19. The second-order valence-corrected chi connectivity index (χ2v) is 7.00. The minimum Gasteiger partial charge on any atom is -0.336 e. The first-order valence-corrected chi connectivity index (χ1v) is 8.76. The molecule has 0 aliphatic carbocycles. The molecule has 1 atom stereocenters. The second kappa shape index (κ2) is 6.54. The van der Waals surface area contributed by atoms with Gasteiger partial charge in [-0.1, -0.05) is 36.4 Å². The molecule has 0 saturated heterocycles. The van der Waals surface area contributed by atoms with Gasteiger partial charge in [0, 0.05) is 25.0 Å². The summed E-state index contributed by atoms with van der Waals surface area (Å²) < 4.78 is 43.8. The highest BCUT2D eigenvalue weighted by Gasteiger charge is 2.27. The third-order valence-electron chi connectivity index (χ3n) is 3.66. The van der Waals surface area contributed by atoms with Crippen LogP contribution in [0.3, 0.4) is 0 Å². The number of aromatic nitrogens is 2. The van der Waals surface area contributed by atoms with Gasteiger partial charge in [0.2, 0.25) is 10.0 Å². The number of imidazole rings is 1. The summed E-state index contributed by atoms with van der Waals surface area (Å²) in [6.07, 6.45) is 3.22. The fraction of sp³-hybridized carbons (Fsp3) is 0.118. The van der Waals surface area contributed by atoms with Crippen LogP contribution in [0.4, 0.5) is 4.39 Å². The molecule has 24 heavy (non-hydrogen) atoms. The molecule has 2 aromatic carbocycles. The SMILES string of the molecule is Cn1ccnc1[C@H](NS(=O)(=O)c1ccccc1)c1ccccc1F. The molecule has 0 bridgehead atoms. The zero-order valence-electron chi connectivity index (χ0n) is 12.9. The van der Waals surface area contributed by atoms with Gasteiger partial charge in [0.1, 0.15) is 17.7 Å². The summed E-state index contributed by atoms with van der Waals surface area (Å²) in [6, 6.07) is 13.1. The van der Waals surface area contributed by atoms with Gasteiger partial charge in [0.05, 0.1) is 4.90 Å². The normalized spacial score (nSPS) is 12.9. The van der Waals surface area contributed by atoms with E-state index in [0.29, 0.717) is 5.82 Å². The predicted molar refractivity (Wildman–Crippen MR) is 88.2 cm³/mol. The number of hydrogen-bond donors (Lipinski definition) is 1. The zero-order chi connectivity index (χ0) is 17.2. The van der Waals surface area contributed by atoms with Gasteiger partial charge in [0.15, 0.2) is 0 Å². The van der Waals surface area contributed by atoms with Crippen LogP contribution in [0.15, 0.2) is 71.9 Å². The molecule has 1 N–H and O–H groups in total.